The second-order valence-corrected chi connectivity index (χ2v) is 7.37. The smallest absolute Gasteiger partial charge is 0.148 e. The number of hydrogen-bond acceptors (Lipinski definition) is 2. The Morgan fingerprint density at radius 1 is 1.04 bits per heavy atom. The molecule has 3 nitrogen and oxygen atoms in total. The topological polar surface area (TPSA) is 27.1 Å². The van der Waals surface area contributed by atoms with E-state index in [4.69, 9.17) is 21.3 Å². The van der Waals surface area contributed by atoms with Crippen molar-refractivity contribution in [3.63, 3.8) is 0 Å². The van der Waals surface area contributed by atoms with Crippen LogP contribution >= 0.6 is 11.6 Å². The fourth-order valence-corrected chi connectivity index (χ4v) is 3.46. The van der Waals surface area contributed by atoms with Crippen molar-refractivity contribution in [2.45, 2.75) is 27.0 Å². The molecule has 0 N–H and O–H groups in total. The van der Waals surface area contributed by atoms with E-state index < -0.39 is 0 Å². The molecule has 0 spiro atoms. The molecule has 0 amide bonds. The molecule has 0 aliphatic rings. The van der Waals surface area contributed by atoms with Crippen molar-refractivity contribution >= 4 is 33.4 Å². The Labute approximate surface area is 158 Å². The fraction of sp³-hybridized carbons (Fsp3) is 0.227. The molecule has 0 bridgehead atoms. The summed E-state index contributed by atoms with van der Waals surface area (Å²) in [6, 6.07) is 20.2. The number of hydrogen-bond donors (Lipinski definition) is 0. The number of benzene rings is 3. The maximum atomic E-state index is 6.17. The lowest BCUT2D eigenvalue weighted by molar-refractivity contribution is 0.291. The SMILES string of the molecule is CC(C)Cn1c(COc2cccc3ccccc23)nc2cc(Cl)ccc21. The molecule has 3 aromatic carbocycles. The van der Waals surface area contributed by atoms with Crippen molar-refractivity contribution in [1.82, 2.24) is 9.55 Å². The van der Waals surface area contributed by atoms with E-state index in [0.717, 1.165) is 34.5 Å². The van der Waals surface area contributed by atoms with Gasteiger partial charge in [0.2, 0.25) is 0 Å². The zero-order valence-corrected chi connectivity index (χ0v) is 15.7. The third-order valence-corrected chi connectivity index (χ3v) is 4.68. The summed E-state index contributed by atoms with van der Waals surface area (Å²) in [7, 11) is 0. The zero-order chi connectivity index (χ0) is 18.1. The molecular formula is C22H21ClN2O. The van der Waals surface area contributed by atoms with Gasteiger partial charge in [0.05, 0.1) is 11.0 Å². The average molecular weight is 365 g/mol. The van der Waals surface area contributed by atoms with Crippen LogP contribution in [0.15, 0.2) is 60.7 Å². The molecular weight excluding hydrogens is 344 g/mol. The standard InChI is InChI=1S/C22H21ClN2O/c1-15(2)13-25-20-11-10-17(23)12-19(20)24-22(25)14-26-21-9-5-7-16-6-3-4-8-18(16)21/h3-12,15H,13-14H2,1-2H3. The number of aromatic nitrogens is 2. The molecule has 0 unspecified atom stereocenters. The van der Waals surface area contributed by atoms with Crippen molar-refractivity contribution in [2.75, 3.05) is 0 Å². The first-order valence-electron chi connectivity index (χ1n) is 8.87. The molecule has 0 atom stereocenters. The Bertz CT molecular complexity index is 1060. The van der Waals surface area contributed by atoms with Gasteiger partial charge in [-0.2, -0.15) is 0 Å². The predicted octanol–water partition coefficient (Wildman–Crippen LogP) is 6.08. The number of nitrogens with zero attached hydrogens (tertiary/aromatic N) is 2. The summed E-state index contributed by atoms with van der Waals surface area (Å²) >= 11 is 6.14. The van der Waals surface area contributed by atoms with Crippen LogP contribution in [0.4, 0.5) is 0 Å². The van der Waals surface area contributed by atoms with Gasteiger partial charge in [0, 0.05) is 17.0 Å². The first kappa shape index (κ1) is 16.9. The third-order valence-electron chi connectivity index (χ3n) is 4.44. The normalized spacial score (nSPS) is 11.5. The van der Waals surface area contributed by atoms with E-state index in [0.29, 0.717) is 17.5 Å². The van der Waals surface area contributed by atoms with E-state index in [1.165, 1.54) is 5.39 Å². The Kier molecular flexibility index (Phi) is 4.56. The van der Waals surface area contributed by atoms with Crippen LogP contribution in [0, 0.1) is 5.92 Å². The highest BCUT2D eigenvalue weighted by Gasteiger charge is 2.13. The second-order valence-electron chi connectivity index (χ2n) is 6.93. The summed E-state index contributed by atoms with van der Waals surface area (Å²) in [5, 5.41) is 2.99. The van der Waals surface area contributed by atoms with E-state index >= 15 is 0 Å². The fourth-order valence-electron chi connectivity index (χ4n) is 3.30. The molecule has 4 aromatic rings. The van der Waals surface area contributed by atoms with Gasteiger partial charge >= 0.3 is 0 Å². The van der Waals surface area contributed by atoms with Gasteiger partial charge in [-0.05, 0) is 35.6 Å². The minimum Gasteiger partial charge on any atom is -0.485 e. The van der Waals surface area contributed by atoms with Gasteiger partial charge in [0.1, 0.15) is 18.2 Å². The van der Waals surface area contributed by atoms with Gasteiger partial charge in [-0.3, -0.25) is 0 Å². The summed E-state index contributed by atoms with van der Waals surface area (Å²) < 4.78 is 8.41. The van der Waals surface area contributed by atoms with Crippen molar-refractivity contribution in [2.24, 2.45) is 5.92 Å². The van der Waals surface area contributed by atoms with Crippen LogP contribution in [0.2, 0.25) is 5.02 Å². The van der Waals surface area contributed by atoms with Crippen LogP contribution in [0.3, 0.4) is 0 Å². The molecule has 4 rings (SSSR count). The number of imidazole rings is 1. The van der Waals surface area contributed by atoms with Gasteiger partial charge < -0.3 is 9.30 Å². The van der Waals surface area contributed by atoms with Crippen molar-refractivity contribution in [3.05, 3.63) is 71.5 Å². The van der Waals surface area contributed by atoms with Crippen molar-refractivity contribution in [3.8, 4) is 5.75 Å². The third kappa shape index (κ3) is 3.27. The number of halogens is 1. The van der Waals surface area contributed by atoms with Gasteiger partial charge in [-0.1, -0.05) is 61.8 Å². The zero-order valence-electron chi connectivity index (χ0n) is 14.9. The molecule has 1 aromatic heterocycles. The monoisotopic (exact) mass is 364 g/mol. The quantitative estimate of drug-likeness (QED) is 0.429. The van der Waals surface area contributed by atoms with Crippen LogP contribution < -0.4 is 4.74 Å². The summed E-state index contributed by atoms with van der Waals surface area (Å²) in [5.41, 5.74) is 2.01. The Morgan fingerprint density at radius 3 is 2.69 bits per heavy atom. The lowest BCUT2D eigenvalue weighted by Crippen LogP contribution is -2.11. The van der Waals surface area contributed by atoms with E-state index in [-0.39, 0.29) is 0 Å². The summed E-state index contributed by atoms with van der Waals surface area (Å²) in [4.78, 5) is 4.78. The number of rotatable bonds is 5. The molecule has 26 heavy (non-hydrogen) atoms. The van der Waals surface area contributed by atoms with Crippen molar-refractivity contribution in [1.29, 1.82) is 0 Å². The number of ether oxygens (including phenoxy) is 1. The lowest BCUT2D eigenvalue weighted by atomic mass is 10.1. The van der Waals surface area contributed by atoms with Crippen LogP contribution in [-0.2, 0) is 13.2 Å². The molecule has 0 aliphatic heterocycles. The van der Waals surface area contributed by atoms with Gasteiger partial charge in [0.15, 0.2) is 0 Å². The predicted molar refractivity (Wildman–Crippen MR) is 108 cm³/mol. The van der Waals surface area contributed by atoms with Gasteiger partial charge in [-0.25, -0.2) is 4.98 Å². The van der Waals surface area contributed by atoms with Gasteiger partial charge in [-0.15, -0.1) is 0 Å². The summed E-state index contributed by atoms with van der Waals surface area (Å²) in [5.74, 6) is 2.31. The number of fused-ring (bicyclic) bond motifs is 2. The minimum absolute atomic E-state index is 0.424. The Morgan fingerprint density at radius 2 is 1.85 bits per heavy atom. The Balaban J connectivity index is 1.70. The summed E-state index contributed by atoms with van der Waals surface area (Å²) in [6.07, 6.45) is 0. The first-order valence-corrected chi connectivity index (χ1v) is 9.25. The molecule has 0 saturated heterocycles. The molecule has 1 heterocycles. The van der Waals surface area contributed by atoms with Crippen LogP contribution in [0.1, 0.15) is 19.7 Å². The second kappa shape index (κ2) is 7.00. The highest BCUT2D eigenvalue weighted by Crippen LogP contribution is 2.27. The van der Waals surface area contributed by atoms with E-state index in [1.807, 2.05) is 42.5 Å². The van der Waals surface area contributed by atoms with Crippen LogP contribution in [-0.4, -0.2) is 9.55 Å². The maximum absolute atomic E-state index is 6.17. The van der Waals surface area contributed by atoms with Crippen LogP contribution in [0.5, 0.6) is 5.75 Å². The molecule has 4 heteroatoms. The van der Waals surface area contributed by atoms with E-state index in [1.54, 1.807) is 0 Å². The molecule has 0 saturated carbocycles. The first-order chi connectivity index (χ1) is 12.6. The van der Waals surface area contributed by atoms with Gasteiger partial charge in [0.25, 0.3) is 0 Å². The minimum atomic E-state index is 0.424. The highest BCUT2D eigenvalue weighted by molar-refractivity contribution is 6.31. The maximum Gasteiger partial charge on any atom is 0.148 e. The Hall–Kier alpha value is -2.52. The van der Waals surface area contributed by atoms with Crippen molar-refractivity contribution < 1.29 is 4.74 Å². The molecule has 0 aliphatic carbocycles. The molecule has 132 valence electrons. The van der Waals surface area contributed by atoms with E-state index in [9.17, 15) is 0 Å². The average Bonchev–Trinajstić information content (AvgIpc) is 2.96. The summed E-state index contributed by atoms with van der Waals surface area (Å²) in [6.45, 7) is 5.73. The van der Waals surface area contributed by atoms with Crippen LogP contribution in [0.25, 0.3) is 21.8 Å². The molecule has 0 fully saturated rings. The van der Waals surface area contributed by atoms with E-state index in [2.05, 4.69) is 36.6 Å². The highest BCUT2D eigenvalue weighted by atomic mass is 35.5. The lowest BCUT2D eigenvalue weighted by Gasteiger charge is -2.13. The molecule has 0 radical (unpaired) electrons. The largest absolute Gasteiger partial charge is 0.485 e.